The maximum atomic E-state index is 13.0. The normalized spacial score (nSPS) is 10.4. The van der Waals surface area contributed by atoms with Crippen molar-refractivity contribution < 1.29 is 13.7 Å². The van der Waals surface area contributed by atoms with Crippen molar-refractivity contribution in [3.63, 3.8) is 0 Å². The third-order valence-corrected chi connectivity index (χ3v) is 2.90. The van der Waals surface area contributed by atoms with Crippen LogP contribution in [0.1, 0.15) is 5.56 Å². The Hall–Kier alpha value is -2.70. The van der Waals surface area contributed by atoms with Gasteiger partial charge in [0.25, 0.3) is 5.69 Å². The molecular formula is C14H13F2N3O2. The number of nitro groups is 1. The molecule has 2 aromatic carbocycles. The summed E-state index contributed by atoms with van der Waals surface area (Å²) in [5.74, 6) is -1.25. The van der Waals surface area contributed by atoms with Gasteiger partial charge in [-0.05, 0) is 30.2 Å². The smallest absolute Gasteiger partial charge is 0.271 e. The van der Waals surface area contributed by atoms with Crippen molar-refractivity contribution in [2.75, 3.05) is 17.6 Å². The first kappa shape index (κ1) is 14.7. The fourth-order valence-electron chi connectivity index (χ4n) is 1.92. The molecule has 3 N–H and O–H groups in total. The molecular weight excluding hydrogens is 280 g/mol. The van der Waals surface area contributed by atoms with Crippen molar-refractivity contribution in [1.29, 1.82) is 0 Å². The Kier molecular flexibility index (Phi) is 4.32. The quantitative estimate of drug-likeness (QED) is 0.504. The van der Waals surface area contributed by atoms with Crippen LogP contribution in [-0.4, -0.2) is 11.5 Å². The van der Waals surface area contributed by atoms with Crippen LogP contribution in [0, 0.1) is 21.7 Å². The Morgan fingerprint density at radius 2 is 1.81 bits per heavy atom. The number of anilines is 2. The second kappa shape index (κ2) is 6.17. The van der Waals surface area contributed by atoms with Gasteiger partial charge in [-0.2, -0.15) is 0 Å². The number of hydrogen-bond acceptors (Lipinski definition) is 4. The Labute approximate surface area is 119 Å². The summed E-state index contributed by atoms with van der Waals surface area (Å²) >= 11 is 0. The average Bonchev–Trinajstić information content (AvgIpc) is 2.39. The molecule has 0 heterocycles. The van der Waals surface area contributed by atoms with E-state index >= 15 is 0 Å². The number of non-ortho nitro benzene ring substituents is 1. The summed E-state index contributed by atoms with van der Waals surface area (Å²) in [7, 11) is 0. The molecule has 2 aromatic rings. The van der Waals surface area contributed by atoms with Gasteiger partial charge in [-0.25, -0.2) is 8.78 Å². The van der Waals surface area contributed by atoms with E-state index in [4.69, 9.17) is 5.73 Å². The Balaban J connectivity index is 1.98. The summed E-state index contributed by atoms with van der Waals surface area (Å²) in [6.07, 6.45) is 0.394. The van der Waals surface area contributed by atoms with Crippen LogP contribution in [0.4, 0.5) is 25.8 Å². The lowest BCUT2D eigenvalue weighted by molar-refractivity contribution is -0.384. The SMILES string of the molecule is Nc1cc([N+](=O)[O-])ccc1NCCc1cc(F)cc(F)c1. The van der Waals surface area contributed by atoms with Gasteiger partial charge < -0.3 is 11.1 Å². The third-order valence-electron chi connectivity index (χ3n) is 2.90. The number of halogens is 2. The zero-order chi connectivity index (χ0) is 15.4. The van der Waals surface area contributed by atoms with Gasteiger partial charge in [0, 0.05) is 24.7 Å². The summed E-state index contributed by atoms with van der Waals surface area (Å²) in [6.45, 7) is 0.394. The van der Waals surface area contributed by atoms with E-state index in [1.807, 2.05) is 0 Å². The lowest BCUT2D eigenvalue weighted by Crippen LogP contribution is -2.07. The van der Waals surface area contributed by atoms with Crippen molar-refractivity contribution in [3.8, 4) is 0 Å². The van der Waals surface area contributed by atoms with Gasteiger partial charge in [-0.15, -0.1) is 0 Å². The first-order valence-corrected chi connectivity index (χ1v) is 6.18. The summed E-state index contributed by atoms with van der Waals surface area (Å²) in [5, 5.41) is 13.6. The molecule has 0 saturated heterocycles. The van der Waals surface area contributed by atoms with Crippen LogP contribution >= 0.6 is 0 Å². The molecule has 0 aliphatic rings. The number of benzene rings is 2. The van der Waals surface area contributed by atoms with E-state index in [-0.39, 0.29) is 11.4 Å². The molecule has 21 heavy (non-hydrogen) atoms. The second-order valence-electron chi connectivity index (χ2n) is 4.48. The zero-order valence-electron chi connectivity index (χ0n) is 11.0. The molecule has 7 heteroatoms. The fourth-order valence-corrected chi connectivity index (χ4v) is 1.92. The fraction of sp³-hybridized carbons (Fsp3) is 0.143. The predicted octanol–water partition coefficient (Wildman–Crippen LogP) is 3.11. The lowest BCUT2D eigenvalue weighted by Gasteiger charge is -2.09. The minimum absolute atomic E-state index is 0.0924. The highest BCUT2D eigenvalue weighted by molar-refractivity contribution is 5.69. The van der Waals surface area contributed by atoms with Crippen molar-refractivity contribution in [1.82, 2.24) is 0 Å². The van der Waals surface area contributed by atoms with Crippen LogP contribution in [0.25, 0.3) is 0 Å². The van der Waals surface area contributed by atoms with E-state index < -0.39 is 16.6 Å². The monoisotopic (exact) mass is 293 g/mol. The first-order chi connectivity index (χ1) is 9.95. The number of nitrogen functional groups attached to an aromatic ring is 1. The molecule has 0 bridgehead atoms. The van der Waals surface area contributed by atoms with Gasteiger partial charge >= 0.3 is 0 Å². The summed E-state index contributed by atoms with van der Waals surface area (Å²) in [5.41, 5.74) is 6.91. The highest BCUT2D eigenvalue weighted by Crippen LogP contribution is 2.24. The predicted molar refractivity (Wildman–Crippen MR) is 76.1 cm³/mol. The lowest BCUT2D eigenvalue weighted by atomic mass is 10.1. The number of hydrogen-bond donors (Lipinski definition) is 2. The molecule has 0 aliphatic carbocycles. The highest BCUT2D eigenvalue weighted by Gasteiger charge is 2.08. The van der Waals surface area contributed by atoms with Gasteiger partial charge in [0.2, 0.25) is 0 Å². The molecule has 5 nitrogen and oxygen atoms in total. The van der Waals surface area contributed by atoms with Gasteiger partial charge in [0.1, 0.15) is 11.6 Å². The molecule has 0 unspecified atom stereocenters. The molecule has 0 spiro atoms. The Bertz CT molecular complexity index is 657. The van der Waals surface area contributed by atoms with E-state index in [2.05, 4.69) is 5.32 Å². The largest absolute Gasteiger partial charge is 0.397 e. The Morgan fingerprint density at radius 1 is 1.14 bits per heavy atom. The minimum atomic E-state index is -0.625. The highest BCUT2D eigenvalue weighted by atomic mass is 19.1. The van der Waals surface area contributed by atoms with Crippen LogP contribution in [0.15, 0.2) is 36.4 Å². The van der Waals surface area contributed by atoms with Crippen LogP contribution in [0.2, 0.25) is 0 Å². The third kappa shape index (κ3) is 3.88. The summed E-state index contributed by atoms with van der Waals surface area (Å²) in [6, 6.07) is 7.41. The molecule has 0 saturated carbocycles. The van der Waals surface area contributed by atoms with Crippen molar-refractivity contribution in [3.05, 3.63) is 63.7 Å². The van der Waals surface area contributed by atoms with Crippen LogP contribution in [0.5, 0.6) is 0 Å². The van der Waals surface area contributed by atoms with E-state index in [1.54, 1.807) is 0 Å². The second-order valence-corrected chi connectivity index (χ2v) is 4.48. The topological polar surface area (TPSA) is 81.2 Å². The van der Waals surface area contributed by atoms with Crippen molar-refractivity contribution >= 4 is 17.1 Å². The van der Waals surface area contributed by atoms with Crippen LogP contribution in [-0.2, 0) is 6.42 Å². The van der Waals surface area contributed by atoms with E-state index in [0.717, 1.165) is 6.07 Å². The maximum Gasteiger partial charge on any atom is 0.271 e. The van der Waals surface area contributed by atoms with E-state index in [1.165, 1.54) is 30.3 Å². The van der Waals surface area contributed by atoms with Gasteiger partial charge in [-0.3, -0.25) is 10.1 Å². The molecule has 0 radical (unpaired) electrons. The van der Waals surface area contributed by atoms with Gasteiger partial charge in [-0.1, -0.05) is 0 Å². The number of nitrogens with zero attached hydrogens (tertiary/aromatic N) is 1. The molecule has 0 aromatic heterocycles. The molecule has 2 rings (SSSR count). The number of nitrogens with two attached hydrogens (primary N) is 1. The van der Waals surface area contributed by atoms with Crippen LogP contribution < -0.4 is 11.1 Å². The van der Waals surface area contributed by atoms with E-state index in [0.29, 0.717) is 24.2 Å². The van der Waals surface area contributed by atoms with Crippen molar-refractivity contribution in [2.45, 2.75) is 6.42 Å². The number of nitrogens with one attached hydrogen (secondary N) is 1. The minimum Gasteiger partial charge on any atom is -0.397 e. The number of nitro benzene ring substituents is 1. The van der Waals surface area contributed by atoms with E-state index in [9.17, 15) is 18.9 Å². The first-order valence-electron chi connectivity index (χ1n) is 6.18. The molecule has 0 fully saturated rings. The van der Waals surface area contributed by atoms with Gasteiger partial charge in [0.15, 0.2) is 0 Å². The van der Waals surface area contributed by atoms with Crippen LogP contribution in [0.3, 0.4) is 0 Å². The number of rotatable bonds is 5. The Morgan fingerprint density at radius 3 is 2.38 bits per heavy atom. The van der Waals surface area contributed by atoms with Gasteiger partial charge in [0.05, 0.1) is 16.3 Å². The zero-order valence-corrected chi connectivity index (χ0v) is 11.0. The summed E-state index contributed by atoms with van der Waals surface area (Å²) in [4.78, 5) is 10.1. The van der Waals surface area contributed by atoms with Crippen molar-refractivity contribution in [2.24, 2.45) is 0 Å². The molecule has 110 valence electrons. The average molecular weight is 293 g/mol. The maximum absolute atomic E-state index is 13.0. The molecule has 0 aliphatic heterocycles. The molecule has 0 amide bonds. The molecule has 0 atom stereocenters. The standard InChI is InChI=1S/C14H13F2N3O2/c15-10-5-9(6-11(16)7-10)3-4-18-14-2-1-12(19(20)21)8-13(14)17/h1-2,5-8,18H,3-4,17H2. The summed E-state index contributed by atoms with van der Waals surface area (Å²) < 4.78 is 26.0.